The first kappa shape index (κ1) is 26.8. The molecule has 3 aromatic rings. The van der Waals surface area contributed by atoms with Crippen LogP contribution in [0.1, 0.15) is 23.1 Å². The number of nitrogens with one attached hydrogen (secondary N) is 1. The first-order valence-electron chi connectivity index (χ1n) is 12.0. The Morgan fingerprint density at radius 1 is 1.05 bits per heavy atom. The molecule has 38 heavy (non-hydrogen) atoms. The van der Waals surface area contributed by atoms with Gasteiger partial charge in [0.05, 0.1) is 30.6 Å². The number of halogens is 3. The molecule has 200 valence electrons. The smallest absolute Gasteiger partial charge is 0.416 e. The van der Waals surface area contributed by atoms with Crippen LogP contribution in [0.5, 0.6) is 5.75 Å². The summed E-state index contributed by atoms with van der Waals surface area (Å²) < 4.78 is 44.4. The molecule has 0 saturated carbocycles. The van der Waals surface area contributed by atoms with Gasteiger partial charge in [0.2, 0.25) is 0 Å². The Bertz CT molecular complexity index is 1280. The van der Waals surface area contributed by atoms with Crippen LogP contribution in [-0.4, -0.2) is 50.5 Å². The number of carbonyl (C=O) groups is 1. The number of oxime groups is 1. The lowest BCUT2D eigenvalue weighted by Crippen LogP contribution is -2.40. The molecule has 1 atom stereocenters. The predicted molar refractivity (Wildman–Crippen MR) is 141 cm³/mol. The van der Waals surface area contributed by atoms with Crippen LogP contribution in [0.2, 0.25) is 0 Å². The molecule has 3 aromatic carbocycles. The molecule has 1 heterocycles. The van der Waals surface area contributed by atoms with Gasteiger partial charge in [0.15, 0.2) is 6.10 Å². The average Bonchev–Trinajstić information content (AvgIpc) is 3.37. The van der Waals surface area contributed by atoms with Crippen molar-refractivity contribution in [2.75, 3.05) is 38.0 Å². The maximum absolute atomic E-state index is 13.3. The summed E-state index contributed by atoms with van der Waals surface area (Å²) in [5.41, 5.74) is 3.02. The van der Waals surface area contributed by atoms with Crippen molar-refractivity contribution in [1.29, 1.82) is 0 Å². The van der Waals surface area contributed by atoms with Crippen LogP contribution in [0.3, 0.4) is 0 Å². The van der Waals surface area contributed by atoms with E-state index in [0.29, 0.717) is 23.4 Å². The number of urea groups is 1. The number of carbonyl (C=O) groups excluding carboxylic acids is 1. The van der Waals surface area contributed by atoms with Gasteiger partial charge in [-0.3, -0.25) is 0 Å². The van der Waals surface area contributed by atoms with Crippen LogP contribution < -0.4 is 15.0 Å². The minimum absolute atomic E-state index is 0.0752. The highest BCUT2D eigenvalue weighted by atomic mass is 19.4. The molecule has 7 nitrogen and oxygen atoms in total. The summed E-state index contributed by atoms with van der Waals surface area (Å²) in [6, 6.07) is 19.2. The number of hydrogen-bond donors (Lipinski definition) is 1. The second-order valence-electron chi connectivity index (χ2n) is 9.12. The van der Waals surface area contributed by atoms with E-state index in [1.807, 2.05) is 43.3 Å². The average molecular weight is 527 g/mol. The van der Waals surface area contributed by atoms with E-state index in [-0.39, 0.29) is 13.1 Å². The quantitative estimate of drug-likeness (QED) is 0.391. The minimum atomic E-state index is -4.43. The molecule has 1 aliphatic heterocycles. The van der Waals surface area contributed by atoms with Crippen LogP contribution in [0.4, 0.5) is 29.3 Å². The standard InChI is InChI=1S/C28H29F3N4O3/c1-34(2)22-14-10-20(11-15-22)25-16-23(38-33-25)18-35(17-19-8-12-21(13-9-19)28(29,30)31)27(36)32-24-6-4-5-7-26(24)37-3/h4-15,23H,16-18H2,1-3H3,(H,32,36). The van der Waals surface area contributed by atoms with Crippen LogP contribution >= 0.6 is 0 Å². The zero-order chi connectivity index (χ0) is 27.3. The molecule has 0 bridgehead atoms. The lowest BCUT2D eigenvalue weighted by molar-refractivity contribution is -0.137. The normalized spacial score (nSPS) is 14.9. The lowest BCUT2D eigenvalue weighted by Gasteiger charge is -2.26. The fourth-order valence-electron chi connectivity index (χ4n) is 4.08. The third kappa shape index (κ3) is 6.56. The number of hydrogen-bond acceptors (Lipinski definition) is 5. The summed E-state index contributed by atoms with van der Waals surface area (Å²) in [5, 5.41) is 7.07. The molecule has 0 aromatic heterocycles. The molecule has 2 amide bonds. The fourth-order valence-corrected chi connectivity index (χ4v) is 4.08. The van der Waals surface area contributed by atoms with Crippen LogP contribution in [0.25, 0.3) is 0 Å². The van der Waals surface area contributed by atoms with Crippen LogP contribution in [0, 0.1) is 0 Å². The van der Waals surface area contributed by atoms with Crippen molar-refractivity contribution < 1.29 is 27.5 Å². The van der Waals surface area contributed by atoms with Crippen molar-refractivity contribution in [2.24, 2.45) is 5.16 Å². The zero-order valence-corrected chi connectivity index (χ0v) is 21.3. The Kier molecular flexibility index (Phi) is 8.09. The molecular formula is C28H29F3N4O3. The highest BCUT2D eigenvalue weighted by molar-refractivity contribution is 6.01. The van der Waals surface area contributed by atoms with Gasteiger partial charge in [-0.2, -0.15) is 13.2 Å². The molecule has 0 fully saturated rings. The van der Waals surface area contributed by atoms with E-state index >= 15 is 0 Å². The van der Waals surface area contributed by atoms with Crippen molar-refractivity contribution in [2.45, 2.75) is 25.2 Å². The van der Waals surface area contributed by atoms with Gasteiger partial charge in [-0.15, -0.1) is 0 Å². The van der Waals surface area contributed by atoms with E-state index in [4.69, 9.17) is 9.57 Å². The number of amides is 2. The monoisotopic (exact) mass is 526 g/mol. The van der Waals surface area contributed by atoms with E-state index in [0.717, 1.165) is 29.1 Å². The van der Waals surface area contributed by atoms with E-state index in [1.165, 1.54) is 24.1 Å². The molecule has 0 saturated heterocycles. The first-order valence-corrected chi connectivity index (χ1v) is 12.0. The van der Waals surface area contributed by atoms with Crippen molar-refractivity contribution in [3.05, 3.63) is 89.5 Å². The van der Waals surface area contributed by atoms with Gasteiger partial charge < -0.3 is 24.7 Å². The van der Waals surface area contributed by atoms with Gasteiger partial charge >= 0.3 is 12.2 Å². The maximum atomic E-state index is 13.3. The number of anilines is 2. The number of methoxy groups -OCH3 is 1. The van der Waals surface area contributed by atoms with Gasteiger partial charge in [-0.05, 0) is 47.5 Å². The molecular weight excluding hydrogens is 497 g/mol. The molecule has 1 aliphatic rings. The second kappa shape index (κ2) is 11.5. The zero-order valence-electron chi connectivity index (χ0n) is 21.3. The van der Waals surface area contributed by atoms with E-state index in [2.05, 4.69) is 10.5 Å². The van der Waals surface area contributed by atoms with E-state index in [9.17, 15) is 18.0 Å². The lowest BCUT2D eigenvalue weighted by atomic mass is 10.0. The number of alkyl halides is 3. The maximum Gasteiger partial charge on any atom is 0.416 e. The Morgan fingerprint density at radius 2 is 1.74 bits per heavy atom. The van der Waals surface area contributed by atoms with Gasteiger partial charge in [0, 0.05) is 32.7 Å². The van der Waals surface area contributed by atoms with Gasteiger partial charge in [0.25, 0.3) is 0 Å². The molecule has 1 N–H and O–H groups in total. The predicted octanol–water partition coefficient (Wildman–Crippen LogP) is 6.01. The highest BCUT2D eigenvalue weighted by Crippen LogP contribution is 2.30. The number of nitrogens with zero attached hydrogens (tertiary/aromatic N) is 3. The first-order chi connectivity index (χ1) is 18.1. The van der Waals surface area contributed by atoms with Gasteiger partial charge in [-0.25, -0.2) is 4.79 Å². The summed E-state index contributed by atoms with van der Waals surface area (Å²) in [6.45, 7) is 0.247. The third-order valence-electron chi connectivity index (χ3n) is 6.16. The molecule has 1 unspecified atom stereocenters. The van der Waals surface area contributed by atoms with E-state index < -0.39 is 23.9 Å². The molecule has 0 aliphatic carbocycles. The second-order valence-corrected chi connectivity index (χ2v) is 9.12. The summed E-state index contributed by atoms with van der Waals surface area (Å²) in [7, 11) is 5.42. The van der Waals surface area contributed by atoms with Crippen LogP contribution in [0.15, 0.2) is 78.0 Å². The summed E-state index contributed by atoms with van der Waals surface area (Å²) >= 11 is 0. The molecule has 4 rings (SSSR count). The van der Waals surface area contributed by atoms with Crippen molar-refractivity contribution in [3.63, 3.8) is 0 Å². The summed E-state index contributed by atoms with van der Waals surface area (Å²) in [4.78, 5) is 22.5. The van der Waals surface area contributed by atoms with E-state index in [1.54, 1.807) is 24.3 Å². The number of para-hydroxylation sites is 2. The van der Waals surface area contributed by atoms with Crippen molar-refractivity contribution >= 4 is 23.1 Å². The summed E-state index contributed by atoms with van der Waals surface area (Å²) in [6.07, 6.45) is -4.38. The number of rotatable bonds is 8. The molecule has 0 radical (unpaired) electrons. The largest absolute Gasteiger partial charge is 0.495 e. The topological polar surface area (TPSA) is 66.4 Å². The number of benzene rings is 3. The molecule has 0 spiro atoms. The van der Waals surface area contributed by atoms with Crippen molar-refractivity contribution in [1.82, 2.24) is 4.90 Å². The SMILES string of the molecule is COc1ccccc1NC(=O)N(Cc1ccc(C(F)(F)F)cc1)CC1CC(c2ccc(N(C)C)cc2)=NO1. The van der Waals surface area contributed by atoms with Crippen molar-refractivity contribution in [3.8, 4) is 5.75 Å². The Morgan fingerprint density at radius 3 is 2.37 bits per heavy atom. The van der Waals surface area contributed by atoms with Gasteiger partial charge in [0.1, 0.15) is 5.75 Å². The third-order valence-corrected chi connectivity index (χ3v) is 6.16. The Balaban J connectivity index is 1.49. The van der Waals surface area contributed by atoms with Crippen LogP contribution in [-0.2, 0) is 17.6 Å². The fraction of sp³-hybridized carbons (Fsp3) is 0.286. The van der Waals surface area contributed by atoms with Gasteiger partial charge in [-0.1, -0.05) is 41.6 Å². The molecule has 10 heteroatoms. The highest BCUT2D eigenvalue weighted by Gasteiger charge is 2.31. The Labute approximate surface area is 219 Å². The summed E-state index contributed by atoms with van der Waals surface area (Å²) in [5.74, 6) is 0.485. The minimum Gasteiger partial charge on any atom is -0.495 e. The Hall–Kier alpha value is -4.21. The number of ether oxygens (including phenoxy) is 1.